The number of halogens is 3. The van der Waals surface area contributed by atoms with Crippen LogP contribution in [0.1, 0.15) is 9.67 Å². The molecule has 7 heteroatoms. The van der Waals surface area contributed by atoms with Crippen molar-refractivity contribution >= 4 is 17.1 Å². The fourth-order valence-electron chi connectivity index (χ4n) is 1.43. The molecular weight excluding hydrogens is 293 g/mol. The quantitative estimate of drug-likeness (QED) is 0.786. The Morgan fingerprint density at radius 1 is 1.10 bits per heavy atom. The zero-order valence-electron chi connectivity index (χ0n) is 10.0. The molecule has 0 saturated carbocycles. The van der Waals surface area contributed by atoms with Crippen molar-refractivity contribution in [1.29, 1.82) is 0 Å². The second-order valence-electron chi connectivity index (χ2n) is 3.68. The van der Waals surface area contributed by atoms with Crippen molar-refractivity contribution < 1.29 is 27.4 Å². The first kappa shape index (κ1) is 14.4. The molecule has 0 atom stereocenters. The number of benzene rings is 1. The number of ether oxygens (including phenoxy) is 2. The molecule has 0 saturated heterocycles. The molecular formula is C13H9F3O3S. The van der Waals surface area contributed by atoms with E-state index < -0.39 is 12.1 Å². The highest BCUT2D eigenvalue weighted by atomic mass is 32.1. The Bertz CT molecular complexity index is 579. The van der Waals surface area contributed by atoms with E-state index in [1.54, 1.807) is 17.5 Å². The summed E-state index contributed by atoms with van der Waals surface area (Å²) >= 11 is 1.24. The largest absolute Gasteiger partial charge is 0.573 e. The van der Waals surface area contributed by atoms with E-state index in [2.05, 4.69) is 4.74 Å². The summed E-state index contributed by atoms with van der Waals surface area (Å²) in [6.07, 6.45) is -4.81. The van der Waals surface area contributed by atoms with Gasteiger partial charge in [-0.2, -0.15) is 0 Å². The summed E-state index contributed by atoms with van der Waals surface area (Å²) < 4.78 is 45.5. The van der Waals surface area contributed by atoms with Gasteiger partial charge < -0.3 is 9.47 Å². The van der Waals surface area contributed by atoms with Crippen molar-refractivity contribution in [2.24, 2.45) is 0 Å². The number of ketones is 1. The maximum absolute atomic E-state index is 12.2. The monoisotopic (exact) mass is 302 g/mol. The summed E-state index contributed by atoms with van der Waals surface area (Å²) in [5.41, 5.74) is 0. The molecule has 0 amide bonds. The second-order valence-corrected chi connectivity index (χ2v) is 4.63. The lowest BCUT2D eigenvalue weighted by molar-refractivity contribution is -0.275. The molecule has 2 rings (SSSR count). The van der Waals surface area contributed by atoms with Gasteiger partial charge in [-0.3, -0.25) is 4.79 Å². The van der Waals surface area contributed by atoms with Gasteiger partial charge in [0.15, 0.2) is 18.1 Å². The third kappa shape index (κ3) is 3.99. The summed E-state index contributed by atoms with van der Waals surface area (Å²) in [7, 11) is 0. The SMILES string of the molecule is O=C(COc1ccccc1OC(F)(F)F)c1cccs1. The van der Waals surface area contributed by atoms with Crippen LogP contribution in [0, 0.1) is 0 Å². The van der Waals surface area contributed by atoms with Crippen LogP contribution in [0.5, 0.6) is 11.5 Å². The van der Waals surface area contributed by atoms with Crippen molar-refractivity contribution in [2.75, 3.05) is 6.61 Å². The van der Waals surface area contributed by atoms with E-state index in [0.29, 0.717) is 4.88 Å². The summed E-state index contributed by atoms with van der Waals surface area (Å²) in [5.74, 6) is -0.907. The number of alkyl halides is 3. The van der Waals surface area contributed by atoms with Gasteiger partial charge in [0.2, 0.25) is 5.78 Å². The number of hydrogen-bond donors (Lipinski definition) is 0. The summed E-state index contributed by atoms with van der Waals surface area (Å²) in [4.78, 5) is 12.2. The minimum atomic E-state index is -4.81. The highest BCUT2D eigenvalue weighted by Crippen LogP contribution is 2.31. The number of rotatable bonds is 5. The minimum absolute atomic E-state index is 0.130. The van der Waals surface area contributed by atoms with Gasteiger partial charge in [-0.05, 0) is 23.6 Å². The lowest BCUT2D eigenvalue weighted by Gasteiger charge is -2.13. The molecule has 0 bridgehead atoms. The maximum atomic E-state index is 12.2. The normalized spacial score (nSPS) is 11.2. The third-order valence-electron chi connectivity index (χ3n) is 2.23. The Labute approximate surface area is 116 Å². The van der Waals surface area contributed by atoms with Gasteiger partial charge >= 0.3 is 6.36 Å². The first-order valence-corrected chi connectivity index (χ1v) is 6.38. The highest BCUT2D eigenvalue weighted by molar-refractivity contribution is 7.12. The zero-order chi connectivity index (χ0) is 14.6. The number of Topliss-reactive ketones (excluding diaryl/α,β-unsaturated/α-hetero) is 1. The number of para-hydroxylation sites is 2. The molecule has 1 aromatic carbocycles. The van der Waals surface area contributed by atoms with Crippen molar-refractivity contribution in [3.8, 4) is 11.5 Å². The van der Waals surface area contributed by atoms with Gasteiger partial charge in [0.25, 0.3) is 0 Å². The predicted molar refractivity (Wildman–Crippen MR) is 67.3 cm³/mol. The Balaban J connectivity index is 2.04. The average Bonchev–Trinajstić information content (AvgIpc) is 2.89. The van der Waals surface area contributed by atoms with Crippen molar-refractivity contribution in [3.05, 3.63) is 46.7 Å². The van der Waals surface area contributed by atoms with Gasteiger partial charge in [0, 0.05) is 0 Å². The second kappa shape index (κ2) is 5.96. The Morgan fingerprint density at radius 2 is 1.80 bits per heavy atom. The van der Waals surface area contributed by atoms with E-state index in [-0.39, 0.29) is 18.1 Å². The highest BCUT2D eigenvalue weighted by Gasteiger charge is 2.32. The fraction of sp³-hybridized carbons (Fsp3) is 0.154. The smallest absolute Gasteiger partial charge is 0.482 e. The Morgan fingerprint density at radius 3 is 2.40 bits per heavy atom. The van der Waals surface area contributed by atoms with Crippen LogP contribution in [0.25, 0.3) is 0 Å². The first-order chi connectivity index (χ1) is 9.46. The topological polar surface area (TPSA) is 35.5 Å². The summed E-state index contributed by atoms with van der Waals surface area (Å²) in [6, 6.07) is 8.64. The standard InChI is InChI=1S/C13H9F3O3S/c14-13(15,16)19-11-5-2-1-4-10(11)18-8-9(17)12-6-3-7-20-12/h1-7H,8H2. The van der Waals surface area contributed by atoms with Gasteiger partial charge in [-0.25, -0.2) is 0 Å². The predicted octanol–water partition coefficient (Wildman–Crippen LogP) is 3.91. The van der Waals surface area contributed by atoms with Crippen LogP contribution in [0.4, 0.5) is 13.2 Å². The van der Waals surface area contributed by atoms with Crippen LogP contribution in [0.3, 0.4) is 0 Å². The number of hydrogen-bond acceptors (Lipinski definition) is 4. The average molecular weight is 302 g/mol. The van der Waals surface area contributed by atoms with E-state index in [1.165, 1.54) is 29.5 Å². The first-order valence-electron chi connectivity index (χ1n) is 5.50. The molecule has 0 aliphatic rings. The van der Waals surface area contributed by atoms with Crippen LogP contribution in [0.2, 0.25) is 0 Å². The zero-order valence-corrected chi connectivity index (χ0v) is 10.8. The van der Waals surface area contributed by atoms with E-state index >= 15 is 0 Å². The van der Waals surface area contributed by atoms with Crippen molar-refractivity contribution in [2.45, 2.75) is 6.36 Å². The third-order valence-corrected chi connectivity index (χ3v) is 3.14. The van der Waals surface area contributed by atoms with Crippen molar-refractivity contribution in [3.63, 3.8) is 0 Å². The molecule has 0 aliphatic carbocycles. The molecule has 0 radical (unpaired) electrons. The van der Waals surface area contributed by atoms with E-state index in [0.717, 1.165) is 6.07 Å². The molecule has 0 fully saturated rings. The van der Waals surface area contributed by atoms with Crippen LogP contribution >= 0.6 is 11.3 Å². The van der Waals surface area contributed by atoms with Crippen LogP contribution in [-0.2, 0) is 0 Å². The van der Waals surface area contributed by atoms with Gasteiger partial charge in [0.05, 0.1) is 4.88 Å². The molecule has 0 N–H and O–H groups in total. The van der Waals surface area contributed by atoms with Crippen LogP contribution in [0.15, 0.2) is 41.8 Å². The minimum Gasteiger partial charge on any atom is -0.482 e. The Hall–Kier alpha value is -2.02. The number of carbonyl (C=O) groups is 1. The van der Waals surface area contributed by atoms with Crippen LogP contribution < -0.4 is 9.47 Å². The summed E-state index contributed by atoms with van der Waals surface area (Å²) in [6.45, 7) is -0.348. The molecule has 3 nitrogen and oxygen atoms in total. The molecule has 106 valence electrons. The van der Waals surface area contributed by atoms with Crippen molar-refractivity contribution in [1.82, 2.24) is 0 Å². The van der Waals surface area contributed by atoms with Gasteiger partial charge in [0.1, 0.15) is 0 Å². The molecule has 1 heterocycles. The molecule has 0 aliphatic heterocycles. The lowest BCUT2D eigenvalue weighted by atomic mass is 10.3. The lowest BCUT2D eigenvalue weighted by Crippen LogP contribution is -2.18. The number of carbonyl (C=O) groups excluding carboxylic acids is 1. The molecule has 20 heavy (non-hydrogen) atoms. The van der Waals surface area contributed by atoms with Gasteiger partial charge in [-0.1, -0.05) is 18.2 Å². The molecule has 0 unspecified atom stereocenters. The van der Waals surface area contributed by atoms with Crippen LogP contribution in [-0.4, -0.2) is 18.8 Å². The molecule has 0 spiro atoms. The molecule has 2 aromatic rings. The molecule has 1 aromatic heterocycles. The fourth-order valence-corrected chi connectivity index (χ4v) is 2.08. The van der Waals surface area contributed by atoms with E-state index in [9.17, 15) is 18.0 Å². The van der Waals surface area contributed by atoms with Gasteiger partial charge in [-0.15, -0.1) is 24.5 Å². The van der Waals surface area contributed by atoms with E-state index in [4.69, 9.17) is 4.74 Å². The Kier molecular flexibility index (Phi) is 4.29. The van der Waals surface area contributed by atoms with E-state index in [1.807, 2.05) is 0 Å². The number of thiophene rings is 1. The maximum Gasteiger partial charge on any atom is 0.573 e. The summed E-state index contributed by atoms with van der Waals surface area (Å²) in [5, 5.41) is 1.73.